The molecule has 3 rings (SSSR count). The summed E-state index contributed by atoms with van der Waals surface area (Å²) in [5.74, 6) is -0.0375. The van der Waals surface area contributed by atoms with Gasteiger partial charge in [0.15, 0.2) is 0 Å². The summed E-state index contributed by atoms with van der Waals surface area (Å²) in [4.78, 5) is 12.2. The number of amides is 1. The number of benzene rings is 2. The Morgan fingerprint density at radius 2 is 1.85 bits per heavy atom. The van der Waals surface area contributed by atoms with Gasteiger partial charge in [0.25, 0.3) is 5.91 Å². The summed E-state index contributed by atoms with van der Waals surface area (Å²) in [6.07, 6.45) is 1.97. The lowest BCUT2D eigenvalue weighted by molar-refractivity contribution is -0.110. The van der Waals surface area contributed by atoms with Crippen molar-refractivity contribution in [3.8, 4) is 0 Å². The zero-order valence-electron chi connectivity index (χ0n) is 11.3. The monoisotopic (exact) mass is 327 g/mol. The SMILES string of the molecule is Cc1ccccc1C=C1C(=O)Nc2ccc(Br)c(C)c21. The maximum absolute atomic E-state index is 12.2. The molecular formula is C17H14BrNO. The molecule has 1 heterocycles. The van der Waals surface area contributed by atoms with Gasteiger partial charge >= 0.3 is 0 Å². The first-order valence-electron chi connectivity index (χ1n) is 6.46. The minimum absolute atomic E-state index is 0.0375. The molecule has 0 bridgehead atoms. The summed E-state index contributed by atoms with van der Waals surface area (Å²) in [5, 5.41) is 2.93. The van der Waals surface area contributed by atoms with E-state index in [0.29, 0.717) is 0 Å². The molecular weight excluding hydrogens is 314 g/mol. The highest BCUT2D eigenvalue weighted by atomic mass is 79.9. The molecule has 3 heteroatoms. The maximum Gasteiger partial charge on any atom is 0.256 e. The van der Waals surface area contributed by atoms with Crippen molar-refractivity contribution < 1.29 is 4.79 Å². The Labute approximate surface area is 126 Å². The molecule has 1 aliphatic rings. The second kappa shape index (κ2) is 4.91. The van der Waals surface area contributed by atoms with E-state index in [-0.39, 0.29) is 5.91 Å². The lowest BCUT2D eigenvalue weighted by atomic mass is 9.98. The van der Waals surface area contributed by atoms with Crippen molar-refractivity contribution in [3.05, 3.63) is 63.1 Å². The van der Waals surface area contributed by atoms with E-state index in [1.165, 1.54) is 0 Å². The van der Waals surface area contributed by atoms with Crippen molar-refractivity contribution in [1.29, 1.82) is 0 Å². The van der Waals surface area contributed by atoms with E-state index >= 15 is 0 Å². The summed E-state index contributed by atoms with van der Waals surface area (Å²) in [7, 11) is 0. The average Bonchev–Trinajstić information content (AvgIpc) is 2.74. The number of hydrogen-bond acceptors (Lipinski definition) is 1. The van der Waals surface area contributed by atoms with Crippen LogP contribution < -0.4 is 5.32 Å². The van der Waals surface area contributed by atoms with E-state index in [2.05, 4.69) is 21.2 Å². The van der Waals surface area contributed by atoms with Crippen LogP contribution in [-0.2, 0) is 4.79 Å². The van der Waals surface area contributed by atoms with Gasteiger partial charge in [-0.25, -0.2) is 0 Å². The van der Waals surface area contributed by atoms with Gasteiger partial charge in [0.2, 0.25) is 0 Å². The normalized spacial score (nSPS) is 15.3. The van der Waals surface area contributed by atoms with Crippen LogP contribution in [0.1, 0.15) is 22.3 Å². The van der Waals surface area contributed by atoms with E-state index in [9.17, 15) is 4.79 Å². The zero-order valence-corrected chi connectivity index (χ0v) is 12.9. The first-order chi connectivity index (χ1) is 9.58. The summed E-state index contributed by atoms with van der Waals surface area (Å²) in [5.41, 5.74) is 5.93. The maximum atomic E-state index is 12.2. The fraction of sp³-hybridized carbons (Fsp3) is 0.118. The fourth-order valence-corrected chi connectivity index (χ4v) is 2.81. The van der Waals surface area contributed by atoms with Crippen LogP contribution in [0.15, 0.2) is 40.9 Å². The smallest absolute Gasteiger partial charge is 0.256 e. The number of halogens is 1. The standard InChI is InChI=1S/C17H14BrNO/c1-10-5-3-4-6-12(10)9-13-16-11(2)14(18)7-8-15(16)19-17(13)20/h3-9H,1-2H3,(H,19,20). The molecule has 0 aromatic heterocycles. The van der Waals surface area contributed by atoms with Crippen LogP contribution in [0.3, 0.4) is 0 Å². The predicted molar refractivity (Wildman–Crippen MR) is 86.6 cm³/mol. The molecule has 0 saturated carbocycles. The predicted octanol–water partition coefficient (Wildman–Crippen LogP) is 4.56. The van der Waals surface area contributed by atoms with Crippen molar-refractivity contribution >= 4 is 39.2 Å². The third kappa shape index (κ3) is 2.08. The van der Waals surface area contributed by atoms with Gasteiger partial charge in [-0.15, -0.1) is 0 Å². The van der Waals surface area contributed by atoms with E-state index in [0.717, 1.165) is 38.0 Å². The summed E-state index contributed by atoms with van der Waals surface area (Å²) >= 11 is 3.53. The highest BCUT2D eigenvalue weighted by molar-refractivity contribution is 9.10. The molecule has 0 fully saturated rings. The van der Waals surface area contributed by atoms with Gasteiger partial charge in [-0.2, -0.15) is 0 Å². The van der Waals surface area contributed by atoms with E-state index in [4.69, 9.17) is 0 Å². The molecule has 2 nitrogen and oxygen atoms in total. The summed E-state index contributed by atoms with van der Waals surface area (Å²) in [6.45, 7) is 4.07. The number of fused-ring (bicyclic) bond motifs is 1. The average molecular weight is 328 g/mol. The van der Waals surface area contributed by atoms with E-state index in [1.54, 1.807) is 0 Å². The Bertz CT molecular complexity index is 747. The Morgan fingerprint density at radius 1 is 1.10 bits per heavy atom. The van der Waals surface area contributed by atoms with Crippen LogP contribution in [-0.4, -0.2) is 5.91 Å². The molecule has 2 aromatic rings. The van der Waals surface area contributed by atoms with Gasteiger partial charge < -0.3 is 5.32 Å². The van der Waals surface area contributed by atoms with Gasteiger partial charge in [0, 0.05) is 21.3 Å². The summed E-state index contributed by atoms with van der Waals surface area (Å²) < 4.78 is 1.02. The summed E-state index contributed by atoms with van der Waals surface area (Å²) in [6, 6.07) is 12.0. The fourth-order valence-electron chi connectivity index (χ4n) is 2.48. The molecule has 0 aliphatic carbocycles. The molecule has 1 aliphatic heterocycles. The number of anilines is 1. The molecule has 100 valence electrons. The lowest BCUT2D eigenvalue weighted by Crippen LogP contribution is -2.03. The Kier molecular flexibility index (Phi) is 3.22. The minimum Gasteiger partial charge on any atom is -0.321 e. The molecule has 0 spiro atoms. The number of aryl methyl sites for hydroxylation is 1. The first-order valence-corrected chi connectivity index (χ1v) is 7.25. The van der Waals surface area contributed by atoms with Crippen LogP contribution in [0.5, 0.6) is 0 Å². The van der Waals surface area contributed by atoms with Crippen molar-refractivity contribution in [1.82, 2.24) is 0 Å². The third-order valence-corrected chi connectivity index (χ3v) is 4.51. The number of hydrogen-bond donors (Lipinski definition) is 1. The van der Waals surface area contributed by atoms with Gasteiger partial charge in [0.05, 0.1) is 0 Å². The van der Waals surface area contributed by atoms with Crippen molar-refractivity contribution in [2.75, 3.05) is 5.32 Å². The number of rotatable bonds is 1. The number of nitrogens with one attached hydrogen (secondary N) is 1. The molecule has 0 saturated heterocycles. The molecule has 1 N–H and O–H groups in total. The van der Waals surface area contributed by atoms with Crippen LogP contribution in [0.4, 0.5) is 5.69 Å². The zero-order chi connectivity index (χ0) is 14.3. The molecule has 1 amide bonds. The topological polar surface area (TPSA) is 29.1 Å². The Balaban J connectivity index is 2.20. The van der Waals surface area contributed by atoms with Gasteiger partial charge in [-0.3, -0.25) is 4.79 Å². The van der Waals surface area contributed by atoms with Crippen LogP contribution in [0.2, 0.25) is 0 Å². The van der Waals surface area contributed by atoms with Gasteiger partial charge in [0.1, 0.15) is 0 Å². The van der Waals surface area contributed by atoms with Gasteiger partial charge in [-0.05, 0) is 48.7 Å². The number of carbonyl (C=O) groups is 1. The van der Waals surface area contributed by atoms with E-state index in [1.807, 2.05) is 56.3 Å². The molecule has 0 atom stereocenters. The Morgan fingerprint density at radius 3 is 2.60 bits per heavy atom. The van der Waals surface area contributed by atoms with E-state index < -0.39 is 0 Å². The Hall–Kier alpha value is -1.87. The highest BCUT2D eigenvalue weighted by Crippen LogP contribution is 2.38. The van der Waals surface area contributed by atoms with Crippen LogP contribution in [0, 0.1) is 13.8 Å². The first kappa shape index (κ1) is 13.1. The molecule has 20 heavy (non-hydrogen) atoms. The van der Waals surface area contributed by atoms with Crippen LogP contribution >= 0.6 is 15.9 Å². The molecule has 2 aromatic carbocycles. The second-order valence-electron chi connectivity index (χ2n) is 4.96. The largest absolute Gasteiger partial charge is 0.321 e. The van der Waals surface area contributed by atoms with Crippen molar-refractivity contribution in [2.24, 2.45) is 0 Å². The highest BCUT2D eigenvalue weighted by Gasteiger charge is 2.26. The van der Waals surface area contributed by atoms with Gasteiger partial charge in [-0.1, -0.05) is 40.2 Å². The van der Waals surface area contributed by atoms with Crippen molar-refractivity contribution in [3.63, 3.8) is 0 Å². The molecule has 0 radical (unpaired) electrons. The van der Waals surface area contributed by atoms with Crippen molar-refractivity contribution in [2.45, 2.75) is 13.8 Å². The lowest BCUT2D eigenvalue weighted by Gasteiger charge is -2.06. The number of carbonyl (C=O) groups excluding carboxylic acids is 1. The quantitative estimate of drug-likeness (QED) is 0.764. The van der Waals surface area contributed by atoms with Crippen LogP contribution in [0.25, 0.3) is 11.6 Å². The third-order valence-electron chi connectivity index (χ3n) is 3.65. The second-order valence-corrected chi connectivity index (χ2v) is 5.82. The minimum atomic E-state index is -0.0375. The molecule has 0 unspecified atom stereocenters.